The van der Waals surface area contributed by atoms with E-state index in [-0.39, 0.29) is 11.6 Å². The molecule has 1 heterocycles. The molecule has 3 aromatic rings. The van der Waals surface area contributed by atoms with Crippen molar-refractivity contribution in [1.82, 2.24) is 5.16 Å². The highest BCUT2D eigenvalue weighted by Gasteiger charge is 2.13. The highest BCUT2D eigenvalue weighted by atomic mass is 19.1. The van der Waals surface area contributed by atoms with E-state index in [1.807, 2.05) is 30.3 Å². The molecule has 0 aliphatic carbocycles. The van der Waals surface area contributed by atoms with E-state index in [1.54, 1.807) is 19.1 Å². The molecule has 0 amide bonds. The van der Waals surface area contributed by atoms with Crippen molar-refractivity contribution >= 4 is 5.82 Å². The molecular weight excluding hydrogens is 283 g/mol. The lowest BCUT2D eigenvalue weighted by Gasteiger charge is -2.11. The van der Waals surface area contributed by atoms with Crippen LogP contribution in [-0.4, -0.2) is 5.16 Å². The normalized spacial score (nSPS) is 10.6. The molecule has 0 saturated heterocycles. The minimum Gasteiger partial charge on any atom is -0.486 e. The highest BCUT2D eigenvalue weighted by Crippen LogP contribution is 2.30. The van der Waals surface area contributed by atoms with Crippen LogP contribution in [0, 0.1) is 12.7 Å². The molecule has 0 fully saturated rings. The second-order valence-corrected chi connectivity index (χ2v) is 4.99. The first-order valence-corrected chi connectivity index (χ1v) is 6.83. The molecule has 112 valence electrons. The number of hydrogen-bond donors (Lipinski definition) is 1. The molecule has 5 heteroatoms. The maximum absolute atomic E-state index is 14.3. The van der Waals surface area contributed by atoms with Crippen LogP contribution < -0.4 is 10.5 Å². The van der Waals surface area contributed by atoms with Gasteiger partial charge in [0.05, 0.1) is 0 Å². The van der Waals surface area contributed by atoms with Gasteiger partial charge in [-0.25, -0.2) is 4.39 Å². The monoisotopic (exact) mass is 298 g/mol. The van der Waals surface area contributed by atoms with Crippen molar-refractivity contribution in [2.75, 3.05) is 5.73 Å². The Hall–Kier alpha value is -2.82. The zero-order valence-corrected chi connectivity index (χ0v) is 12.0. The van der Waals surface area contributed by atoms with Gasteiger partial charge in [0.15, 0.2) is 23.1 Å². The average Bonchev–Trinajstić information content (AvgIpc) is 2.94. The average molecular weight is 298 g/mol. The Labute approximate surface area is 127 Å². The quantitative estimate of drug-likeness (QED) is 0.792. The van der Waals surface area contributed by atoms with Gasteiger partial charge in [0.25, 0.3) is 0 Å². The summed E-state index contributed by atoms with van der Waals surface area (Å²) in [5.74, 6) is 0.479. The van der Waals surface area contributed by atoms with Gasteiger partial charge in [-0.15, -0.1) is 0 Å². The fourth-order valence-corrected chi connectivity index (χ4v) is 2.21. The Morgan fingerprint density at radius 3 is 2.59 bits per heavy atom. The van der Waals surface area contributed by atoms with Gasteiger partial charge in [-0.05, 0) is 30.2 Å². The van der Waals surface area contributed by atoms with E-state index in [4.69, 9.17) is 15.0 Å². The molecule has 22 heavy (non-hydrogen) atoms. The summed E-state index contributed by atoms with van der Waals surface area (Å²) in [6, 6.07) is 14.3. The number of ether oxygens (including phenoxy) is 1. The van der Waals surface area contributed by atoms with Gasteiger partial charge in [-0.3, -0.25) is 0 Å². The number of nitrogen functional groups attached to an aromatic ring is 1. The van der Waals surface area contributed by atoms with E-state index >= 15 is 0 Å². The number of nitrogens with two attached hydrogens (primary N) is 1. The SMILES string of the molecule is Cc1cc(-c2cc(N)no2)cc(F)c1OCc1ccccc1. The Balaban J connectivity index is 1.84. The Morgan fingerprint density at radius 1 is 1.18 bits per heavy atom. The summed E-state index contributed by atoms with van der Waals surface area (Å²) < 4.78 is 24.9. The fraction of sp³-hybridized carbons (Fsp3) is 0.118. The zero-order valence-electron chi connectivity index (χ0n) is 12.0. The van der Waals surface area contributed by atoms with Crippen LogP contribution in [-0.2, 0) is 6.61 Å². The minimum absolute atomic E-state index is 0.236. The van der Waals surface area contributed by atoms with Crippen LogP contribution in [0.15, 0.2) is 53.1 Å². The van der Waals surface area contributed by atoms with Crippen molar-refractivity contribution in [3.05, 3.63) is 65.5 Å². The Kier molecular flexibility index (Phi) is 3.78. The number of aryl methyl sites for hydroxylation is 1. The van der Waals surface area contributed by atoms with Crippen LogP contribution in [0.1, 0.15) is 11.1 Å². The van der Waals surface area contributed by atoms with Crippen LogP contribution in [0.3, 0.4) is 0 Å². The van der Waals surface area contributed by atoms with Gasteiger partial charge in [0.2, 0.25) is 0 Å². The summed E-state index contributed by atoms with van der Waals surface area (Å²) in [6.45, 7) is 2.10. The lowest BCUT2D eigenvalue weighted by Crippen LogP contribution is -1.99. The van der Waals surface area contributed by atoms with Gasteiger partial charge in [-0.2, -0.15) is 0 Å². The summed E-state index contributed by atoms with van der Waals surface area (Å²) in [7, 11) is 0. The number of rotatable bonds is 4. The summed E-state index contributed by atoms with van der Waals surface area (Å²) in [5.41, 5.74) is 7.75. The van der Waals surface area contributed by atoms with E-state index < -0.39 is 5.82 Å². The van der Waals surface area contributed by atoms with Gasteiger partial charge in [0.1, 0.15) is 6.61 Å². The summed E-state index contributed by atoms with van der Waals surface area (Å²) in [5, 5.41) is 3.60. The van der Waals surface area contributed by atoms with Gasteiger partial charge >= 0.3 is 0 Å². The molecule has 0 bridgehead atoms. The maximum atomic E-state index is 14.3. The van der Waals surface area contributed by atoms with Crippen LogP contribution in [0.4, 0.5) is 10.2 Å². The Morgan fingerprint density at radius 2 is 1.95 bits per heavy atom. The van der Waals surface area contributed by atoms with Gasteiger partial charge in [-0.1, -0.05) is 35.5 Å². The number of hydrogen-bond acceptors (Lipinski definition) is 4. The summed E-state index contributed by atoms with van der Waals surface area (Å²) in [6.07, 6.45) is 0. The molecule has 4 nitrogen and oxygen atoms in total. The molecule has 0 radical (unpaired) electrons. The summed E-state index contributed by atoms with van der Waals surface area (Å²) in [4.78, 5) is 0. The number of benzene rings is 2. The van der Waals surface area contributed by atoms with Crippen molar-refractivity contribution in [1.29, 1.82) is 0 Å². The van der Waals surface area contributed by atoms with Crippen LogP contribution in [0.25, 0.3) is 11.3 Å². The molecule has 2 aromatic carbocycles. The van der Waals surface area contributed by atoms with Crippen molar-refractivity contribution in [2.24, 2.45) is 0 Å². The zero-order chi connectivity index (χ0) is 15.5. The third-order valence-electron chi connectivity index (χ3n) is 3.27. The number of halogens is 1. The highest BCUT2D eigenvalue weighted by molar-refractivity contribution is 5.63. The lowest BCUT2D eigenvalue weighted by molar-refractivity contribution is 0.288. The molecule has 0 atom stereocenters. The third kappa shape index (κ3) is 2.93. The standard InChI is InChI=1S/C17H15FN2O2/c1-11-7-13(15-9-16(19)20-22-15)8-14(18)17(11)21-10-12-5-3-2-4-6-12/h2-9H,10H2,1H3,(H2,19,20). The molecule has 0 aliphatic rings. The van der Waals surface area contributed by atoms with Crippen LogP contribution in [0.5, 0.6) is 5.75 Å². The van der Waals surface area contributed by atoms with Crippen LogP contribution >= 0.6 is 0 Å². The van der Waals surface area contributed by atoms with Gasteiger partial charge in [0, 0.05) is 11.6 Å². The van der Waals surface area contributed by atoms with Crippen molar-refractivity contribution in [3.63, 3.8) is 0 Å². The van der Waals surface area contributed by atoms with Crippen LogP contribution in [0.2, 0.25) is 0 Å². The topological polar surface area (TPSA) is 61.3 Å². The van der Waals surface area contributed by atoms with Crippen molar-refractivity contribution in [3.8, 4) is 17.1 Å². The minimum atomic E-state index is -0.444. The smallest absolute Gasteiger partial charge is 0.169 e. The predicted octanol–water partition coefficient (Wildman–Crippen LogP) is 3.95. The molecule has 0 unspecified atom stereocenters. The maximum Gasteiger partial charge on any atom is 0.169 e. The number of nitrogens with zero attached hydrogens (tertiary/aromatic N) is 1. The second kappa shape index (κ2) is 5.89. The van der Waals surface area contributed by atoms with E-state index in [0.717, 1.165) is 5.56 Å². The molecule has 0 saturated carbocycles. The van der Waals surface area contributed by atoms with Crippen molar-refractivity contribution in [2.45, 2.75) is 13.5 Å². The third-order valence-corrected chi connectivity index (χ3v) is 3.27. The molecule has 3 rings (SSSR count). The van der Waals surface area contributed by atoms with E-state index in [2.05, 4.69) is 5.16 Å². The summed E-state index contributed by atoms with van der Waals surface area (Å²) >= 11 is 0. The van der Waals surface area contributed by atoms with E-state index in [0.29, 0.717) is 23.5 Å². The first-order chi connectivity index (χ1) is 10.6. The Bertz CT molecular complexity index is 761. The lowest BCUT2D eigenvalue weighted by atomic mass is 10.1. The molecule has 1 aromatic heterocycles. The molecule has 0 aliphatic heterocycles. The first kappa shape index (κ1) is 14.1. The van der Waals surface area contributed by atoms with E-state index in [9.17, 15) is 4.39 Å². The second-order valence-electron chi connectivity index (χ2n) is 4.99. The van der Waals surface area contributed by atoms with Crippen molar-refractivity contribution < 1.29 is 13.7 Å². The molecular formula is C17H15FN2O2. The van der Waals surface area contributed by atoms with Gasteiger partial charge < -0.3 is 15.0 Å². The number of anilines is 1. The largest absolute Gasteiger partial charge is 0.486 e. The molecule has 2 N–H and O–H groups in total. The number of aromatic nitrogens is 1. The molecule has 0 spiro atoms. The predicted molar refractivity (Wildman–Crippen MR) is 81.8 cm³/mol. The first-order valence-electron chi connectivity index (χ1n) is 6.83. The van der Waals surface area contributed by atoms with E-state index in [1.165, 1.54) is 6.07 Å². The fourth-order valence-electron chi connectivity index (χ4n) is 2.21.